The van der Waals surface area contributed by atoms with Gasteiger partial charge in [0.25, 0.3) is 0 Å². The fraction of sp³-hybridized carbons (Fsp3) is 0.700. The number of hydrogen-bond donors (Lipinski definition) is 2. The van der Waals surface area contributed by atoms with Gasteiger partial charge >= 0.3 is 0 Å². The summed E-state index contributed by atoms with van der Waals surface area (Å²) < 4.78 is 0. The van der Waals surface area contributed by atoms with Crippen molar-refractivity contribution in [2.24, 2.45) is 0 Å². The largest absolute Gasteiger partial charge is 0.320 e. The minimum Gasteiger partial charge on any atom is -0.320 e. The Kier molecular flexibility index (Phi) is 6.57. The van der Waals surface area contributed by atoms with Crippen LogP contribution >= 0.6 is 11.3 Å². The molecule has 0 unspecified atom stereocenters. The monoisotopic (exact) mass is 213 g/mol. The highest BCUT2D eigenvalue weighted by Crippen LogP contribution is 2.03. The Bertz CT molecular complexity index is 211. The van der Waals surface area contributed by atoms with Crippen LogP contribution in [0.1, 0.15) is 17.8 Å². The topological polar surface area (TPSA) is 37.0 Å². The molecule has 80 valence electrons. The zero-order valence-corrected chi connectivity index (χ0v) is 9.57. The molecule has 0 aliphatic carbocycles. The van der Waals surface area contributed by atoms with Crippen LogP contribution in [0, 0.1) is 0 Å². The number of nitrogens with one attached hydrogen (secondary N) is 2. The first-order chi connectivity index (χ1) is 6.93. The lowest BCUT2D eigenvalue weighted by Gasteiger charge is -2.02. The summed E-state index contributed by atoms with van der Waals surface area (Å²) in [6.07, 6.45) is 5.43. The molecule has 1 aromatic rings. The number of aromatic nitrogens is 1. The SMILES string of the molecule is CNCCCCNCCc1nccs1. The third-order valence-corrected chi connectivity index (χ3v) is 2.87. The second kappa shape index (κ2) is 7.91. The predicted octanol–water partition coefficient (Wildman–Crippen LogP) is 1.27. The minimum atomic E-state index is 1.05. The molecule has 0 atom stereocenters. The molecule has 0 aliphatic rings. The number of nitrogens with zero attached hydrogens (tertiary/aromatic N) is 1. The van der Waals surface area contributed by atoms with Crippen molar-refractivity contribution in [2.45, 2.75) is 19.3 Å². The first kappa shape index (κ1) is 11.6. The van der Waals surface area contributed by atoms with Crippen LogP contribution in [0.3, 0.4) is 0 Å². The standard InChI is InChI=1S/C10H19N3S/c1-11-5-2-3-6-12-7-4-10-13-8-9-14-10/h8-9,11-12H,2-7H2,1H3. The first-order valence-electron chi connectivity index (χ1n) is 5.17. The van der Waals surface area contributed by atoms with Gasteiger partial charge in [-0.1, -0.05) is 0 Å². The van der Waals surface area contributed by atoms with Gasteiger partial charge < -0.3 is 10.6 Å². The van der Waals surface area contributed by atoms with Gasteiger partial charge in [0, 0.05) is 24.5 Å². The number of unbranched alkanes of at least 4 members (excludes halogenated alkanes) is 1. The maximum absolute atomic E-state index is 4.23. The first-order valence-corrected chi connectivity index (χ1v) is 6.05. The Morgan fingerprint density at radius 3 is 2.86 bits per heavy atom. The molecule has 0 aliphatic heterocycles. The van der Waals surface area contributed by atoms with Gasteiger partial charge in [0.15, 0.2) is 0 Å². The van der Waals surface area contributed by atoms with Crippen molar-refractivity contribution in [3.05, 3.63) is 16.6 Å². The highest BCUT2D eigenvalue weighted by atomic mass is 32.1. The Morgan fingerprint density at radius 1 is 1.29 bits per heavy atom. The molecule has 0 bridgehead atoms. The lowest BCUT2D eigenvalue weighted by Crippen LogP contribution is -2.19. The molecule has 1 aromatic heterocycles. The second-order valence-electron chi connectivity index (χ2n) is 3.24. The summed E-state index contributed by atoms with van der Waals surface area (Å²) in [6, 6.07) is 0. The van der Waals surface area contributed by atoms with E-state index in [0.717, 1.165) is 26.1 Å². The summed E-state index contributed by atoms with van der Waals surface area (Å²) in [4.78, 5) is 4.23. The summed E-state index contributed by atoms with van der Waals surface area (Å²) >= 11 is 1.73. The Balaban J connectivity index is 1.85. The average Bonchev–Trinajstić information content (AvgIpc) is 2.69. The van der Waals surface area contributed by atoms with Gasteiger partial charge in [-0.25, -0.2) is 4.98 Å². The van der Waals surface area contributed by atoms with Crippen molar-refractivity contribution in [2.75, 3.05) is 26.7 Å². The van der Waals surface area contributed by atoms with Crippen molar-refractivity contribution in [3.8, 4) is 0 Å². The van der Waals surface area contributed by atoms with Crippen molar-refractivity contribution in [1.82, 2.24) is 15.6 Å². The fourth-order valence-electron chi connectivity index (χ4n) is 1.25. The molecule has 1 rings (SSSR count). The molecule has 0 saturated carbocycles. The number of thiazole rings is 1. The van der Waals surface area contributed by atoms with E-state index in [-0.39, 0.29) is 0 Å². The van der Waals surface area contributed by atoms with E-state index in [1.165, 1.54) is 17.8 Å². The molecule has 14 heavy (non-hydrogen) atoms. The van der Waals surface area contributed by atoms with Gasteiger partial charge in [0.2, 0.25) is 0 Å². The minimum absolute atomic E-state index is 1.05. The molecule has 0 amide bonds. The molecule has 2 N–H and O–H groups in total. The van der Waals surface area contributed by atoms with E-state index in [2.05, 4.69) is 15.6 Å². The quantitative estimate of drug-likeness (QED) is 0.639. The van der Waals surface area contributed by atoms with Crippen LogP contribution in [0.25, 0.3) is 0 Å². The van der Waals surface area contributed by atoms with Gasteiger partial charge in [-0.2, -0.15) is 0 Å². The van der Waals surface area contributed by atoms with Crippen molar-refractivity contribution >= 4 is 11.3 Å². The van der Waals surface area contributed by atoms with E-state index in [4.69, 9.17) is 0 Å². The molecule has 3 nitrogen and oxygen atoms in total. The lowest BCUT2D eigenvalue weighted by molar-refractivity contribution is 0.605. The fourth-order valence-corrected chi connectivity index (χ4v) is 1.87. The predicted molar refractivity (Wildman–Crippen MR) is 61.8 cm³/mol. The Morgan fingerprint density at radius 2 is 2.14 bits per heavy atom. The van der Waals surface area contributed by atoms with E-state index in [9.17, 15) is 0 Å². The molecular weight excluding hydrogens is 194 g/mol. The van der Waals surface area contributed by atoms with Crippen molar-refractivity contribution < 1.29 is 0 Å². The van der Waals surface area contributed by atoms with E-state index < -0.39 is 0 Å². The third-order valence-electron chi connectivity index (χ3n) is 2.03. The van der Waals surface area contributed by atoms with Crippen molar-refractivity contribution in [3.63, 3.8) is 0 Å². The van der Waals surface area contributed by atoms with Crippen LogP contribution in [0.5, 0.6) is 0 Å². The van der Waals surface area contributed by atoms with Crippen LogP contribution in [-0.4, -0.2) is 31.7 Å². The average molecular weight is 213 g/mol. The Hall–Kier alpha value is -0.450. The van der Waals surface area contributed by atoms with Crippen LogP contribution < -0.4 is 10.6 Å². The molecule has 1 heterocycles. The van der Waals surface area contributed by atoms with Gasteiger partial charge in [-0.3, -0.25) is 0 Å². The van der Waals surface area contributed by atoms with Gasteiger partial charge in [0.1, 0.15) is 0 Å². The molecular formula is C10H19N3S. The lowest BCUT2D eigenvalue weighted by atomic mass is 10.3. The van der Waals surface area contributed by atoms with E-state index in [1.807, 2.05) is 18.6 Å². The van der Waals surface area contributed by atoms with Crippen LogP contribution in [0.4, 0.5) is 0 Å². The summed E-state index contributed by atoms with van der Waals surface area (Å²) in [5.74, 6) is 0. The van der Waals surface area contributed by atoms with Crippen LogP contribution in [0.2, 0.25) is 0 Å². The van der Waals surface area contributed by atoms with Gasteiger partial charge in [-0.15, -0.1) is 11.3 Å². The maximum Gasteiger partial charge on any atom is 0.0937 e. The Labute approximate surface area is 89.9 Å². The van der Waals surface area contributed by atoms with E-state index >= 15 is 0 Å². The highest BCUT2D eigenvalue weighted by Gasteiger charge is 1.94. The molecule has 0 spiro atoms. The van der Waals surface area contributed by atoms with Gasteiger partial charge in [0.05, 0.1) is 5.01 Å². The molecule has 0 fully saturated rings. The zero-order valence-electron chi connectivity index (χ0n) is 8.75. The smallest absolute Gasteiger partial charge is 0.0937 e. The molecule has 0 aromatic carbocycles. The highest BCUT2D eigenvalue weighted by molar-refractivity contribution is 7.09. The molecule has 4 heteroatoms. The van der Waals surface area contributed by atoms with E-state index in [1.54, 1.807) is 11.3 Å². The van der Waals surface area contributed by atoms with Gasteiger partial charge in [-0.05, 0) is 33.0 Å². The maximum atomic E-state index is 4.23. The van der Waals surface area contributed by atoms with Crippen LogP contribution in [-0.2, 0) is 6.42 Å². The summed E-state index contributed by atoms with van der Waals surface area (Å²) in [6.45, 7) is 3.29. The number of hydrogen-bond acceptors (Lipinski definition) is 4. The van der Waals surface area contributed by atoms with Crippen LogP contribution in [0.15, 0.2) is 11.6 Å². The normalized spacial score (nSPS) is 10.6. The molecule has 0 radical (unpaired) electrons. The molecule has 0 saturated heterocycles. The van der Waals surface area contributed by atoms with E-state index in [0.29, 0.717) is 0 Å². The summed E-state index contributed by atoms with van der Waals surface area (Å²) in [5, 5.41) is 9.83. The summed E-state index contributed by atoms with van der Waals surface area (Å²) in [7, 11) is 2.00. The third kappa shape index (κ3) is 5.32. The van der Waals surface area contributed by atoms with Crippen molar-refractivity contribution in [1.29, 1.82) is 0 Å². The second-order valence-corrected chi connectivity index (χ2v) is 4.22. The zero-order chi connectivity index (χ0) is 10.1. The summed E-state index contributed by atoms with van der Waals surface area (Å²) in [5.41, 5.74) is 0. The number of rotatable bonds is 8.